The zero-order valence-corrected chi connectivity index (χ0v) is 12.3. The van der Waals surface area contributed by atoms with Crippen molar-refractivity contribution in [3.8, 4) is 0 Å². The number of alkyl halides is 3. The largest absolute Gasteiger partial charge is 0.441 e. The number of halogens is 4. The van der Waals surface area contributed by atoms with Gasteiger partial charge in [-0.15, -0.1) is 0 Å². The molecule has 1 N–H and O–H groups in total. The van der Waals surface area contributed by atoms with Gasteiger partial charge in [0.05, 0.1) is 0 Å². The van der Waals surface area contributed by atoms with E-state index in [4.69, 9.17) is 0 Å². The van der Waals surface area contributed by atoms with Gasteiger partial charge in [0.1, 0.15) is 0 Å². The van der Waals surface area contributed by atoms with Crippen LogP contribution < -0.4 is 5.32 Å². The van der Waals surface area contributed by atoms with E-state index in [1.165, 1.54) is 0 Å². The third kappa shape index (κ3) is 6.11. The molecule has 0 heterocycles. The molecule has 0 saturated heterocycles. The molecule has 0 fully saturated rings. The molecule has 1 unspecified atom stereocenters. The lowest BCUT2D eigenvalue weighted by atomic mass is 9.96. The first kappa shape index (κ1) is 15.9. The molecule has 102 valence electrons. The fourth-order valence-corrected chi connectivity index (χ4v) is 2.58. The van der Waals surface area contributed by atoms with E-state index in [1.54, 1.807) is 0 Å². The molecule has 0 bridgehead atoms. The molecule has 1 aromatic carbocycles. The maximum atomic E-state index is 12.1. The molecule has 18 heavy (non-hydrogen) atoms. The van der Waals surface area contributed by atoms with Crippen LogP contribution in [-0.2, 0) is 0 Å². The van der Waals surface area contributed by atoms with Gasteiger partial charge in [0.25, 0.3) is 0 Å². The third-order valence-corrected chi connectivity index (χ3v) is 3.82. The Morgan fingerprint density at radius 2 is 1.89 bits per heavy atom. The molecular formula is C12H15BrF3NS. The van der Waals surface area contributed by atoms with Crippen LogP contribution in [0.15, 0.2) is 28.7 Å². The predicted octanol–water partition coefficient (Wildman–Crippen LogP) is 4.40. The molecule has 0 saturated carbocycles. The highest BCUT2D eigenvalue weighted by Crippen LogP contribution is 2.32. The molecule has 0 aromatic heterocycles. The molecule has 6 heteroatoms. The predicted molar refractivity (Wildman–Crippen MR) is 73.9 cm³/mol. The Bertz CT molecular complexity index is 353. The van der Waals surface area contributed by atoms with Gasteiger partial charge in [0, 0.05) is 16.8 Å². The van der Waals surface area contributed by atoms with E-state index in [2.05, 4.69) is 21.2 Å². The lowest BCUT2D eigenvalue weighted by Gasteiger charge is -2.17. The van der Waals surface area contributed by atoms with Gasteiger partial charge in [-0.05, 0) is 37.1 Å². The number of thioether (sulfide) groups is 1. The van der Waals surface area contributed by atoms with Crippen LogP contribution in [0.3, 0.4) is 0 Å². The Kier molecular flexibility index (Phi) is 6.52. The first-order valence-electron chi connectivity index (χ1n) is 5.53. The van der Waals surface area contributed by atoms with Crippen LogP contribution in [-0.4, -0.2) is 24.9 Å². The van der Waals surface area contributed by atoms with Crippen molar-refractivity contribution in [2.45, 2.75) is 17.8 Å². The minimum atomic E-state index is -4.14. The number of rotatable bonds is 6. The van der Waals surface area contributed by atoms with Gasteiger partial charge in [-0.3, -0.25) is 0 Å². The zero-order valence-electron chi connectivity index (χ0n) is 9.93. The summed E-state index contributed by atoms with van der Waals surface area (Å²) in [5, 5.41) is 3.03. The average Bonchev–Trinajstić information content (AvgIpc) is 2.27. The number of nitrogens with one attached hydrogen (secondary N) is 1. The Labute approximate surface area is 118 Å². The van der Waals surface area contributed by atoms with Crippen molar-refractivity contribution in [1.82, 2.24) is 5.32 Å². The van der Waals surface area contributed by atoms with Gasteiger partial charge in [0.2, 0.25) is 0 Å². The first-order chi connectivity index (χ1) is 8.42. The van der Waals surface area contributed by atoms with Crippen molar-refractivity contribution < 1.29 is 13.2 Å². The van der Waals surface area contributed by atoms with Crippen molar-refractivity contribution in [3.63, 3.8) is 0 Å². The van der Waals surface area contributed by atoms with Crippen LogP contribution in [0.25, 0.3) is 0 Å². The molecular weight excluding hydrogens is 327 g/mol. The summed E-state index contributed by atoms with van der Waals surface area (Å²) in [7, 11) is 1.81. The number of hydrogen-bond donors (Lipinski definition) is 1. The van der Waals surface area contributed by atoms with Crippen LogP contribution in [0.2, 0.25) is 0 Å². The maximum Gasteiger partial charge on any atom is 0.441 e. The van der Waals surface area contributed by atoms with Crippen molar-refractivity contribution in [3.05, 3.63) is 34.3 Å². The Hall–Kier alpha value is -0.200. The summed E-state index contributed by atoms with van der Waals surface area (Å²) in [4.78, 5) is 0. The number of likely N-dealkylation sites (N-methyl/N-ethyl adjacent to an activating group) is 1. The van der Waals surface area contributed by atoms with Gasteiger partial charge in [-0.25, -0.2) is 0 Å². The third-order valence-electron chi connectivity index (χ3n) is 2.52. The minimum Gasteiger partial charge on any atom is -0.319 e. The summed E-state index contributed by atoms with van der Waals surface area (Å²) in [5.74, 6) is 0.198. The van der Waals surface area contributed by atoms with Crippen LogP contribution >= 0.6 is 27.7 Å². The van der Waals surface area contributed by atoms with Crippen LogP contribution in [0.4, 0.5) is 13.2 Å². The highest BCUT2D eigenvalue weighted by atomic mass is 79.9. The van der Waals surface area contributed by atoms with Crippen molar-refractivity contribution in [2.24, 2.45) is 0 Å². The Morgan fingerprint density at radius 3 is 2.39 bits per heavy atom. The highest BCUT2D eigenvalue weighted by molar-refractivity contribution is 9.10. The summed E-state index contributed by atoms with van der Waals surface area (Å²) < 4.78 is 37.2. The van der Waals surface area contributed by atoms with E-state index >= 15 is 0 Å². The van der Waals surface area contributed by atoms with Crippen LogP contribution in [0.1, 0.15) is 17.9 Å². The molecule has 0 spiro atoms. The monoisotopic (exact) mass is 341 g/mol. The van der Waals surface area contributed by atoms with E-state index in [0.29, 0.717) is 13.0 Å². The second kappa shape index (κ2) is 7.40. The number of benzene rings is 1. The van der Waals surface area contributed by atoms with E-state index in [1.807, 2.05) is 31.3 Å². The molecule has 0 radical (unpaired) electrons. The maximum absolute atomic E-state index is 12.1. The lowest BCUT2D eigenvalue weighted by Crippen LogP contribution is -2.18. The van der Waals surface area contributed by atoms with Crippen LogP contribution in [0, 0.1) is 0 Å². The second-order valence-corrected chi connectivity index (χ2v) is 5.96. The summed E-state index contributed by atoms with van der Waals surface area (Å²) in [5.41, 5.74) is -3.07. The molecule has 0 amide bonds. The highest BCUT2D eigenvalue weighted by Gasteiger charge is 2.28. The molecule has 0 aliphatic heterocycles. The smallest absolute Gasteiger partial charge is 0.319 e. The minimum absolute atomic E-state index is 0.0485. The van der Waals surface area contributed by atoms with E-state index in [-0.39, 0.29) is 23.4 Å². The van der Waals surface area contributed by atoms with Crippen LogP contribution in [0.5, 0.6) is 0 Å². The molecule has 1 atom stereocenters. The quantitative estimate of drug-likeness (QED) is 0.823. The summed E-state index contributed by atoms with van der Waals surface area (Å²) in [6.45, 7) is 0.681. The fraction of sp³-hybridized carbons (Fsp3) is 0.500. The first-order valence-corrected chi connectivity index (χ1v) is 7.31. The molecule has 0 aliphatic carbocycles. The van der Waals surface area contributed by atoms with Crippen molar-refractivity contribution in [1.29, 1.82) is 0 Å². The molecule has 1 nitrogen and oxygen atoms in total. The molecule has 1 aromatic rings. The van der Waals surface area contributed by atoms with Crippen molar-refractivity contribution >= 4 is 27.7 Å². The normalized spacial score (nSPS) is 13.6. The van der Waals surface area contributed by atoms with Gasteiger partial charge in [-0.2, -0.15) is 13.2 Å². The summed E-state index contributed by atoms with van der Waals surface area (Å²) >= 11 is 3.39. The lowest BCUT2D eigenvalue weighted by molar-refractivity contribution is -0.0328. The topological polar surface area (TPSA) is 12.0 Å². The van der Waals surface area contributed by atoms with Gasteiger partial charge in [-0.1, -0.05) is 39.8 Å². The average molecular weight is 342 g/mol. The summed E-state index contributed by atoms with van der Waals surface area (Å²) in [6.07, 6.45) is 0.507. The second-order valence-electron chi connectivity index (χ2n) is 3.89. The van der Waals surface area contributed by atoms with Gasteiger partial charge < -0.3 is 5.32 Å². The fourth-order valence-electron chi connectivity index (χ4n) is 1.68. The Morgan fingerprint density at radius 1 is 1.28 bits per heavy atom. The van der Waals surface area contributed by atoms with Gasteiger partial charge in [0.15, 0.2) is 0 Å². The zero-order chi connectivity index (χ0) is 13.6. The van der Waals surface area contributed by atoms with E-state index in [9.17, 15) is 13.2 Å². The van der Waals surface area contributed by atoms with E-state index < -0.39 is 5.51 Å². The Balaban J connectivity index is 2.57. The standard InChI is InChI=1S/C12H15BrF3NS/c1-17-8-10(6-7-18-12(14,15)16)9-2-4-11(13)5-3-9/h2-5,10,17H,6-8H2,1H3. The SMILES string of the molecule is CNCC(CCSC(F)(F)F)c1ccc(Br)cc1. The molecule has 0 aliphatic rings. The van der Waals surface area contributed by atoms with E-state index in [0.717, 1.165) is 10.0 Å². The van der Waals surface area contributed by atoms with Gasteiger partial charge >= 0.3 is 5.51 Å². The molecule has 1 rings (SSSR count). The van der Waals surface area contributed by atoms with Crippen molar-refractivity contribution in [2.75, 3.05) is 19.3 Å². The number of hydrogen-bond acceptors (Lipinski definition) is 2. The summed E-state index contributed by atoms with van der Waals surface area (Å²) in [6, 6.07) is 7.72.